The van der Waals surface area contributed by atoms with E-state index in [1.165, 1.54) is 11.9 Å². The van der Waals surface area contributed by atoms with Crippen molar-refractivity contribution in [3.63, 3.8) is 0 Å². The highest BCUT2D eigenvalue weighted by molar-refractivity contribution is 6.46. The molecule has 0 radical (unpaired) electrons. The largest absolute Gasteiger partial charge is 0.298 e. The van der Waals surface area contributed by atoms with Gasteiger partial charge in [-0.05, 0) is 13.8 Å². The maximum absolute atomic E-state index is 13.4. The minimum absolute atomic E-state index is 0.0245. The van der Waals surface area contributed by atoms with E-state index in [9.17, 15) is 13.6 Å². The maximum atomic E-state index is 13.4. The predicted octanol–water partition coefficient (Wildman–Crippen LogP) is 2.22. The number of nitrogens with zero attached hydrogens (tertiary/aromatic N) is 3. The summed E-state index contributed by atoms with van der Waals surface area (Å²) in [4.78, 5) is 14.8. The van der Waals surface area contributed by atoms with Crippen LogP contribution < -0.4 is 0 Å². The Kier molecular flexibility index (Phi) is 4.48. The van der Waals surface area contributed by atoms with Crippen LogP contribution in [0.1, 0.15) is 27.2 Å². The van der Waals surface area contributed by atoms with Gasteiger partial charge in [-0.2, -0.15) is 4.39 Å². The number of Topliss-reactive ketones (excluding diaryl/α,β-unsaturated/α-hetero) is 1. The molecule has 1 aliphatic heterocycles. The summed E-state index contributed by atoms with van der Waals surface area (Å²) >= 11 is 0. The molecule has 0 aliphatic carbocycles. The van der Waals surface area contributed by atoms with Crippen LogP contribution in [0.4, 0.5) is 8.78 Å². The van der Waals surface area contributed by atoms with Gasteiger partial charge in [0, 0.05) is 6.42 Å². The van der Waals surface area contributed by atoms with E-state index in [-0.39, 0.29) is 18.0 Å². The summed E-state index contributed by atoms with van der Waals surface area (Å²) in [6.07, 6.45) is 0.388. The Hall–Kier alpha value is -1.59. The van der Waals surface area contributed by atoms with Crippen LogP contribution in [0.3, 0.4) is 0 Å². The van der Waals surface area contributed by atoms with Gasteiger partial charge in [-0.1, -0.05) is 13.0 Å². The molecular formula is C11H15F2N3O. The average Bonchev–Trinajstić information content (AvgIpc) is 2.54. The first-order valence-corrected chi connectivity index (χ1v) is 5.41. The Balaban J connectivity index is 2.95. The van der Waals surface area contributed by atoms with Gasteiger partial charge >= 0.3 is 0 Å². The molecule has 1 atom stereocenters. The van der Waals surface area contributed by atoms with Crippen LogP contribution in [0, 0.1) is 0 Å². The number of hydrogen-bond acceptors (Lipinski definition) is 4. The third-order valence-electron chi connectivity index (χ3n) is 2.23. The van der Waals surface area contributed by atoms with Crippen LogP contribution >= 0.6 is 0 Å². The normalized spacial score (nSPS) is 22.2. The van der Waals surface area contributed by atoms with Crippen molar-refractivity contribution in [2.45, 2.75) is 33.5 Å². The number of allylic oxidation sites excluding steroid dienone is 2. The van der Waals surface area contributed by atoms with Crippen molar-refractivity contribution in [2.24, 2.45) is 10.1 Å². The monoisotopic (exact) mass is 243 g/mol. The number of carbonyl (C=O) groups excluding carboxylic acids is 1. The summed E-state index contributed by atoms with van der Waals surface area (Å²) in [5.74, 6) is -0.929. The third kappa shape index (κ3) is 3.18. The first-order valence-electron chi connectivity index (χ1n) is 5.41. The molecule has 0 fully saturated rings. The minimum Gasteiger partial charge on any atom is -0.298 e. The summed E-state index contributed by atoms with van der Waals surface area (Å²) in [5.41, 5.74) is 0.195. The summed E-state index contributed by atoms with van der Waals surface area (Å²) in [6.45, 7) is 4.55. The van der Waals surface area contributed by atoms with Gasteiger partial charge in [0.25, 0.3) is 5.97 Å². The molecule has 0 saturated carbocycles. The zero-order chi connectivity index (χ0) is 13.0. The molecule has 1 rings (SSSR count). The molecule has 0 N–H and O–H groups in total. The second-order valence-electron chi connectivity index (χ2n) is 3.57. The van der Waals surface area contributed by atoms with E-state index in [1.54, 1.807) is 19.9 Å². The second-order valence-corrected chi connectivity index (χ2v) is 3.57. The van der Waals surface area contributed by atoms with Crippen LogP contribution in [-0.4, -0.2) is 35.3 Å². The van der Waals surface area contributed by atoms with Crippen LogP contribution in [0.25, 0.3) is 0 Å². The third-order valence-corrected chi connectivity index (χ3v) is 2.23. The van der Waals surface area contributed by atoms with Crippen molar-refractivity contribution in [3.05, 3.63) is 11.8 Å². The van der Waals surface area contributed by atoms with E-state index in [2.05, 4.69) is 10.1 Å². The van der Waals surface area contributed by atoms with Gasteiger partial charge in [0.05, 0.1) is 5.70 Å². The molecule has 0 bridgehead atoms. The second kappa shape index (κ2) is 5.65. The lowest BCUT2D eigenvalue weighted by Gasteiger charge is -2.14. The van der Waals surface area contributed by atoms with Gasteiger partial charge in [0.15, 0.2) is 12.1 Å². The molecule has 0 aromatic heterocycles. The molecule has 0 spiro atoms. The molecule has 94 valence electrons. The quantitative estimate of drug-likeness (QED) is 0.711. The zero-order valence-electron chi connectivity index (χ0n) is 10.1. The van der Waals surface area contributed by atoms with Gasteiger partial charge in [-0.15, -0.1) is 5.10 Å². The van der Waals surface area contributed by atoms with E-state index >= 15 is 0 Å². The van der Waals surface area contributed by atoms with Gasteiger partial charge in [-0.25, -0.2) is 9.38 Å². The van der Waals surface area contributed by atoms with Gasteiger partial charge in [0.1, 0.15) is 12.3 Å². The Bertz CT molecular complexity index is 400. The topological polar surface area (TPSA) is 45.0 Å². The van der Waals surface area contributed by atoms with E-state index in [0.717, 1.165) is 0 Å². The number of hydrogen-bond donors (Lipinski definition) is 0. The van der Waals surface area contributed by atoms with Crippen LogP contribution in [0.2, 0.25) is 0 Å². The highest BCUT2D eigenvalue weighted by Gasteiger charge is 2.29. The molecule has 1 aliphatic rings. The Morgan fingerprint density at radius 2 is 2.29 bits per heavy atom. The van der Waals surface area contributed by atoms with Gasteiger partial charge in [0.2, 0.25) is 0 Å². The molecule has 6 heteroatoms. The fourth-order valence-corrected chi connectivity index (χ4v) is 1.42. The summed E-state index contributed by atoms with van der Waals surface area (Å²) in [6, 6.07) is 0. The smallest absolute Gasteiger partial charge is 0.258 e. The zero-order valence-corrected chi connectivity index (χ0v) is 10.1. The van der Waals surface area contributed by atoms with E-state index in [4.69, 9.17) is 0 Å². The first kappa shape index (κ1) is 13.5. The van der Waals surface area contributed by atoms with Gasteiger partial charge < -0.3 is 0 Å². The lowest BCUT2D eigenvalue weighted by Crippen LogP contribution is -2.23. The van der Waals surface area contributed by atoms with Crippen molar-refractivity contribution >= 4 is 17.5 Å². The predicted molar refractivity (Wildman–Crippen MR) is 62.3 cm³/mol. The van der Waals surface area contributed by atoms with Crippen LogP contribution in [-0.2, 0) is 4.79 Å². The van der Waals surface area contributed by atoms with Crippen molar-refractivity contribution in [3.8, 4) is 0 Å². The highest BCUT2D eigenvalue weighted by Crippen LogP contribution is 2.19. The molecule has 0 aromatic carbocycles. The van der Waals surface area contributed by atoms with Crippen molar-refractivity contribution < 1.29 is 13.6 Å². The number of ketones is 1. The van der Waals surface area contributed by atoms with Crippen molar-refractivity contribution in [1.82, 2.24) is 5.01 Å². The van der Waals surface area contributed by atoms with Crippen molar-refractivity contribution in [1.29, 1.82) is 0 Å². The van der Waals surface area contributed by atoms with E-state index in [1.807, 2.05) is 0 Å². The molecule has 4 nitrogen and oxygen atoms in total. The number of hydrazone groups is 1. The molecule has 17 heavy (non-hydrogen) atoms. The van der Waals surface area contributed by atoms with Crippen LogP contribution in [0.15, 0.2) is 21.9 Å². The number of rotatable bonds is 4. The number of halogens is 2. The fourth-order valence-electron chi connectivity index (χ4n) is 1.42. The van der Waals surface area contributed by atoms with E-state index < -0.39 is 12.3 Å². The first-order chi connectivity index (χ1) is 7.99. The number of alkyl halides is 1. The minimum atomic E-state index is -1.51. The summed E-state index contributed by atoms with van der Waals surface area (Å²) in [7, 11) is 0. The Morgan fingerprint density at radius 3 is 2.76 bits per heavy atom. The molecule has 1 heterocycles. The number of aliphatic imine (C=N–C) groups is 1. The van der Waals surface area contributed by atoms with Crippen LogP contribution in [0.5, 0.6) is 0 Å². The molecule has 0 saturated heterocycles. The maximum Gasteiger partial charge on any atom is 0.258 e. The molecule has 1 unspecified atom stereocenters. The molecular weight excluding hydrogens is 228 g/mol. The lowest BCUT2D eigenvalue weighted by atomic mass is 10.2. The number of carbonyl (C=O) groups is 1. The lowest BCUT2D eigenvalue weighted by molar-refractivity contribution is -0.119. The standard InChI is InChI=1S/C11H15F2N3O/c1-4-8(17)6-16-9(5-2)10(11(13)15-16)14-7(3)12/h5,7H,4,6H2,1-3H3/b9-5+,14-10+. The average molecular weight is 243 g/mol. The van der Waals surface area contributed by atoms with Crippen molar-refractivity contribution in [2.75, 3.05) is 6.54 Å². The SMILES string of the molecule is C/C=C1\C(=N/C(C)F)C(F)=NN1CC(=O)CC. The Labute approximate surface area is 98.7 Å². The highest BCUT2D eigenvalue weighted by atomic mass is 19.1. The van der Waals surface area contributed by atoms with Gasteiger partial charge in [-0.3, -0.25) is 9.80 Å². The Morgan fingerprint density at radius 1 is 1.65 bits per heavy atom. The summed E-state index contributed by atoms with van der Waals surface area (Å²) < 4.78 is 26.2. The molecule has 0 aromatic rings. The summed E-state index contributed by atoms with van der Waals surface area (Å²) in [5, 5.41) is 4.77. The van der Waals surface area contributed by atoms with E-state index in [0.29, 0.717) is 12.1 Å². The molecule has 0 amide bonds. The fraction of sp³-hybridized carbons (Fsp3) is 0.545.